The van der Waals surface area contributed by atoms with Crippen molar-refractivity contribution in [3.63, 3.8) is 0 Å². The SMILES string of the molecule is Cc1cc(CCC=O)ns1. The Balaban J connectivity index is 2.49. The van der Waals surface area contributed by atoms with E-state index in [9.17, 15) is 4.79 Å². The second-order valence-corrected chi connectivity index (χ2v) is 3.14. The van der Waals surface area contributed by atoms with Crippen molar-refractivity contribution in [2.24, 2.45) is 0 Å². The summed E-state index contributed by atoms with van der Waals surface area (Å²) in [6, 6.07) is 2.02. The molecule has 1 aromatic heterocycles. The molecule has 0 saturated carbocycles. The second kappa shape index (κ2) is 3.46. The first-order valence-electron chi connectivity index (χ1n) is 3.19. The summed E-state index contributed by atoms with van der Waals surface area (Å²) in [7, 11) is 0. The van der Waals surface area contributed by atoms with Gasteiger partial charge in [-0.2, -0.15) is 4.37 Å². The summed E-state index contributed by atoms with van der Waals surface area (Å²) in [4.78, 5) is 11.2. The van der Waals surface area contributed by atoms with Gasteiger partial charge in [-0.1, -0.05) is 0 Å². The van der Waals surface area contributed by atoms with Gasteiger partial charge in [0.25, 0.3) is 0 Å². The Morgan fingerprint density at radius 3 is 3.10 bits per heavy atom. The van der Waals surface area contributed by atoms with Crippen LogP contribution in [0.2, 0.25) is 0 Å². The lowest BCUT2D eigenvalue weighted by Gasteiger charge is -1.84. The summed E-state index contributed by atoms with van der Waals surface area (Å²) in [5.74, 6) is 0. The Bertz CT molecular complexity index is 219. The van der Waals surface area contributed by atoms with E-state index in [0.717, 1.165) is 18.4 Å². The number of hydrogen-bond acceptors (Lipinski definition) is 3. The maximum atomic E-state index is 9.96. The van der Waals surface area contributed by atoms with E-state index in [1.165, 1.54) is 16.4 Å². The lowest BCUT2D eigenvalue weighted by atomic mass is 10.2. The monoisotopic (exact) mass is 155 g/mol. The van der Waals surface area contributed by atoms with Gasteiger partial charge in [-0.25, -0.2) is 0 Å². The highest BCUT2D eigenvalue weighted by molar-refractivity contribution is 7.05. The maximum Gasteiger partial charge on any atom is 0.120 e. The van der Waals surface area contributed by atoms with Crippen molar-refractivity contribution >= 4 is 17.8 Å². The molecule has 1 heterocycles. The van der Waals surface area contributed by atoms with Gasteiger partial charge in [0.15, 0.2) is 0 Å². The molecule has 0 spiro atoms. The van der Waals surface area contributed by atoms with Gasteiger partial charge in [0.1, 0.15) is 6.29 Å². The third-order valence-electron chi connectivity index (χ3n) is 1.20. The molecular weight excluding hydrogens is 146 g/mol. The summed E-state index contributed by atoms with van der Waals surface area (Å²) < 4.78 is 4.14. The van der Waals surface area contributed by atoms with Crippen LogP contribution < -0.4 is 0 Å². The highest BCUT2D eigenvalue weighted by Crippen LogP contribution is 2.08. The third kappa shape index (κ3) is 1.92. The van der Waals surface area contributed by atoms with Crippen LogP contribution in [0.25, 0.3) is 0 Å². The Kier molecular flexibility index (Phi) is 2.57. The fourth-order valence-corrected chi connectivity index (χ4v) is 1.34. The molecule has 0 fully saturated rings. The molecule has 0 unspecified atom stereocenters. The Hall–Kier alpha value is -0.700. The van der Waals surface area contributed by atoms with Crippen LogP contribution in [0.4, 0.5) is 0 Å². The van der Waals surface area contributed by atoms with Crippen LogP contribution >= 0.6 is 11.5 Å². The molecule has 0 amide bonds. The molecule has 0 saturated heterocycles. The first-order chi connectivity index (χ1) is 4.83. The van der Waals surface area contributed by atoms with Crippen molar-refractivity contribution in [3.8, 4) is 0 Å². The highest BCUT2D eigenvalue weighted by atomic mass is 32.1. The summed E-state index contributed by atoms with van der Waals surface area (Å²) in [6.45, 7) is 2.02. The third-order valence-corrected chi connectivity index (χ3v) is 1.93. The molecule has 0 aliphatic heterocycles. The zero-order valence-electron chi connectivity index (χ0n) is 5.83. The minimum Gasteiger partial charge on any atom is -0.303 e. The number of nitrogens with zero attached hydrogens (tertiary/aromatic N) is 1. The summed E-state index contributed by atoms with van der Waals surface area (Å²) in [5.41, 5.74) is 1.04. The summed E-state index contributed by atoms with van der Waals surface area (Å²) >= 11 is 1.49. The van der Waals surface area contributed by atoms with Crippen molar-refractivity contribution in [3.05, 3.63) is 16.6 Å². The highest BCUT2D eigenvalue weighted by Gasteiger charge is 1.95. The lowest BCUT2D eigenvalue weighted by molar-refractivity contribution is -0.107. The number of aldehydes is 1. The van der Waals surface area contributed by atoms with Crippen LogP contribution in [-0.2, 0) is 11.2 Å². The molecule has 0 atom stereocenters. The molecule has 1 rings (SSSR count). The van der Waals surface area contributed by atoms with E-state index in [-0.39, 0.29) is 0 Å². The number of rotatable bonds is 3. The van der Waals surface area contributed by atoms with Gasteiger partial charge in [-0.05, 0) is 30.9 Å². The van der Waals surface area contributed by atoms with Gasteiger partial charge >= 0.3 is 0 Å². The average molecular weight is 155 g/mol. The molecule has 0 bridgehead atoms. The molecule has 0 N–H and O–H groups in total. The van der Waals surface area contributed by atoms with E-state index in [1.807, 2.05) is 13.0 Å². The molecule has 0 aromatic carbocycles. The fourth-order valence-electron chi connectivity index (χ4n) is 0.743. The average Bonchev–Trinajstić information content (AvgIpc) is 2.31. The molecule has 2 nitrogen and oxygen atoms in total. The van der Waals surface area contributed by atoms with E-state index in [1.54, 1.807) is 0 Å². The molecule has 0 radical (unpaired) electrons. The van der Waals surface area contributed by atoms with Crippen molar-refractivity contribution < 1.29 is 4.79 Å². The topological polar surface area (TPSA) is 30.0 Å². The van der Waals surface area contributed by atoms with Gasteiger partial charge in [-0.15, -0.1) is 0 Å². The number of aryl methyl sites for hydroxylation is 2. The quantitative estimate of drug-likeness (QED) is 0.620. The molecule has 54 valence electrons. The molecule has 0 aliphatic rings. The number of carbonyl (C=O) groups is 1. The maximum absolute atomic E-state index is 9.96. The largest absolute Gasteiger partial charge is 0.303 e. The zero-order valence-corrected chi connectivity index (χ0v) is 6.65. The van der Waals surface area contributed by atoms with E-state index in [2.05, 4.69) is 4.37 Å². The standard InChI is InChI=1S/C7H9NOS/c1-6-5-7(8-10-6)3-2-4-9/h4-5H,2-3H2,1H3. The molecule has 0 aliphatic carbocycles. The van der Waals surface area contributed by atoms with Gasteiger partial charge in [-0.3, -0.25) is 0 Å². The Morgan fingerprint density at radius 2 is 2.60 bits per heavy atom. The predicted octanol–water partition coefficient (Wildman–Crippen LogP) is 1.58. The predicted molar refractivity (Wildman–Crippen MR) is 41.2 cm³/mol. The van der Waals surface area contributed by atoms with E-state index in [0.29, 0.717) is 6.42 Å². The van der Waals surface area contributed by atoms with Gasteiger partial charge in [0.05, 0.1) is 5.69 Å². The minimum absolute atomic E-state index is 0.586. The van der Waals surface area contributed by atoms with Crippen molar-refractivity contribution in [1.82, 2.24) is 4.37 Å². The zero-order chi connectivity index (χ0) is 7.40. The normalized spacial score (nSPS) is 9.70. The van der Waals surface area contributed by atoms with Gasteiger partial charge in [0.2, 0.25) is 0 Å². The van der Waals surface area contributed by atoms with Gasteiger partial charge in [0, 0.05) is 11.3 Å². The van der Waals surface area contributed by atoms with Gasteiger partial charge < -0.3 is 4.79 Å². The van der Waals surface area contributed by atoms with E-state index >= 15 is 0 Å². The molecule has 10 heavy (non-hydrogen) atoms. The molecule has 1 aromatic rings. The minimum atomic E-state index is 0.586. The smallest absolute Gasteiger partial charge is 0.120 e. The first kappa shape index (κ1) is 7.41. The van der Waals surface area contributed by atoms with Crippen molar-refractivity contribution in [2.45, 2.75) is 19.8 Å². The number of hydrogen-bond donors (Lipinski definition) is 0. The summed E-state index contributed by atoms with van der Waals surface area (Å²) in [6.07, 6.45) is 2.30. The summed E-state index contributed by atoms with van der Waals surface area (Å²) in [5, 5.41) is 0. The van der Waals surface area contributed by atoms with Crippen molar-refractivity contribution in [1.29, 1.82) is 0 Å². The van der Waals surface area contributed by atoms with Crippen LogP contribution in [0, 0.1) is 6.92 Å². The molecular formula is C7H9NOS. The fraction of sp³-hybridized carbons (Fsp3) is 0.429. The number of aromatic nitrogens is 1. The van der Waals surface area contributed by atoms with Crippen LogP contribution in [0.1, 0.15) is 17.0 Å². The molecule has 3 heteroatoms. The van der Waals surface area contributed by atoms with Crippen LogP contribution in [-0.4, -0.2) is 10.7 Å². The van der Waals surface area contributed by atoms with Crippen LogP contribution in [0.15, 0.2) is 6.07 Å². The second-order valence-electron chi connectivity index (χ2n) is 2.13. The lowest BCUT2D eigenvalue weighted by Crippen LogP contribution is -1.83. The van der Waals surface area contributed by atoms with Crippen LogP contribution in [0.3, 0.4) is 0 Å². The van der Waals surface area contributed by atoms with Crippen molar-refractivity contribution in [2.75, 3.05) is 0 Å². The Morgan fingerprint density at radius 1 is 1.80 bits per heavy atom. The van der Waals surface area contributed by atoms with Crippen LogP contribution in [0.5, 0.6) is 0 Å². The number of carbonyl (C=O) groups excluding carboxylic acids is 1. The van der Waals surface area contributed by atoms with E-state index < -0.39 is 0 Å². The van der Waals surface area contributed by atoms with E-state index in [4.69, 9.17) is 0 Å². The Labute approximate surface area is 64.1 Å². The first-order valence-corrected chi connectivity index (χ1v) is 3.96.